The van der Waals surface area contributed by atoms with Crippen LogP contribution < -0.4 is 5.32 Å². The Morgan fingerprint density at radius 3 is 2.44 bits per heavy atom. The highest BCUT2D eigenvalue weighted by atomic mass is 79.9. The van der Waals surface area contributed by atoms with Crippen molar-refractivity contribution in [1.82, 2.24) is 5.32 Å². The van der Waals surface area contributed by atoms with Gasteiger partial charge in [0.05, 0.1) is 3.79 Å². The van der Waals surface area contributed by atoms with E-state index in [2.05, 4.69) is 47.2 Å². The molecule has 3 heteroatoms. The summed E-state index contributed by atoms with van der Waals surface area (Å²) in [6.45, 7) is 5.64. The van der Waals surface area contributed by atoms with Gasteiger partial charge in [0.1, 0.15) is 0 Å². The summed E-state index contributed by atoms with van der Waals surface area (Å²) in [5, 5.41) is 3.67. The van der Waals surface area contributed by atoms with Gasteiger partial charge < -0.3 is 5.32 Å². The predicted molar refractivity (Wildman–Crippen MR) is 77.3 cm³/mol. The fraction of sp³-hybridized carbons (Fsp3) is 0.692. The minimum Gasteiger partial charge on any atom is -0.314 e. The lowest BCUT2D eigenvalue weighted by Gasteiger charge is -2.16. The van der Waals surface area contributed by atoms with E-state index in [0.717, 1.165) is 19.0 Å². The number of halogens is 1. The third kappa shape index (κ3) is 5.46. The molecule has 1 rings (SSSR count). The second kappa shape index (κ2) is 8.26. The molecule has 0 aliphatic carbocycles. The lowest BCUT2D eigenvalue weighted by Crippen LogP contribution is -2.30. The number of hydrogen-bond acceptors (Lipinski definition) is 2. The van der Waals surface area contributed by atoms with Crippen LogP contribution >= 0.6 is 27.3 Å². The van der Waals surface area contributed by atoms with Gasteiger partial charge in [0.2, 0.25) is 0 Å². The lowest BCUT2D eigenvalue weighted by atomic mass is 10.1. The van der Waals surface area contributed by atoms with Gasteiger partial charge in [-0.25, -0.2) is 0 Å². The summed E-state index contributed by atoms with van der Waals surface area (Å²) in [5.74, 6) is 0. The molecule has 0 fully saturated rings. The molecule has 1 nitrogen and oxygen atoms in total. The molecule has 0 atom stereocenters. The Kier molecular flexibility index (Phi) is 7.33. The molecule has 0 amide bonds. The van der Waals surface area contributed by atoms with Crippen LogP contribution in [0.5, 0.6) is 0 Å². The molecular formula is C13H22BrNS. The molecule has 0 unspecified atom stereocenters. The highest BCUT2D eigenvalue weighted by Crippen LogP contribution is 2.22. The molecule has 0 radical (unpaired) electrons. The second-order valence-corrected chi connectivity index (χ2v) is 6.73. The van der Waals surface area contributed by atoms with Crippen molar-refractivity contribution in [3.8, 4) is 0 Å². The van der Waals surface area contributed by atoms with Gasteiger partial charge in [0, 0.05) is 17.5 Å². The van der Waals surface area contributed by atoms with Crippen molar-refractivity contribution in [1.29, 1.82) is 0 Å². The van der Waals surface area contributed by atoms with E-state index >= 15 is 0 Å². The molecule has 1 heterocycles. The Labute approximate surface area is 112 Å². The molecule has 0 aliphatic rings. The second-order valence-electron chi connectivity index (χ2n) is 4.18. The van der Waals surface area contributed by atoms with Gasteiger partial charge in [-0.15, -0.1) is 11.3 Å². The molecule has 0 bridgehead atoms. The zero-order chi connectivity index (χ0) is 11.8. The van der Waals surface area contributed by atoms with Gasteiger partial charge in [0.25, 0.3) is 0 Å². The zero-order valence-corrected chi connectivity index (χ0v) is 12.7. The van der Waals surface area contributed by atoms with Crippen molar-refractivity contribution >= 4 is 27.3 Å². The summed E-state index contributed by atoms with van der Waals surface area (Å²) in [5.41, 5.74) is 0. The van der Waals surface area contributed by atoms with Gasteiger partial charge in [-0.1, -0.05) is 26.7 Å². The fourth-order valence-corrected chi connectivity index (χ4v) is 3.41. The molecule has 0 aromatic carbocycles. The van der Waals surface area contributed by atoms with Crippen LogP contribution in [0.25, 0.3) is 0 Å². The molecule has 0 saturated heterocycles. The Morgan fingerprint density at radius 1 is 1.25 bits per heavy atom. The lowest BCUT2D eigenvalue weighted by molar-refractivity contribution is 0.447. The molecular weight excluding hydrogens is 282 g/mol. The van der Waals surface area contributed by atoms with Crippen LogP contribution in [0.1, 0.15) is 44.4 Å². The summed E-state index contributed by atoms with van der Waals surface area (Å²) in [6.07, 6.45) is 6.33. The Balaban J connectivity index is 2.21. The Hall–Kier alpha value is 0.140. The number of rotatable bonds is 8. The minimum absolute atomic E-state index is 0.721. The van der Waals surface area contributed by atoms with Gasteiger partial charge >= 0.3 is 0 Å². The average molecular weight is 304 g/mol. The van der Waals surface area contributed by atoms with Crippen molar-refractivity contribution in [2.24, 2.45) is 0 Å². The van der Waals surface area contributed by atoms with Crippen LogP contribution in [0.2, 0.25) is 0 Å². The largest absolute Gasteiger partial charge is 0.314 e. The maximum atomic E-state index is 3.67. The van der Waals surface area contributed by atoms with Crippen molar-refractivity contribution in [2.75, 3.05) is 6.54 Å². The average Bonchev–Trinajstić information content (AvgIpc) is 2.65. The van der Waals surface area contributed by atoms with E-state index in [1.54, 1.807) is 0 Å². The summed E-state index contributed by atoms with van der Waals surface area (Å²) in [7, 11) is 0. The smallest absolute Gasteiger partial charge is 0.0701 e. The van der Waals surface area contributed by atoms with Crippen LogP contribution in [0.15, 0.2) is 15.9 Å². The first-order chi connectivity index (χ1) is 7.76. The van der Waals surface area contributed by atoms with E-state index in [0.29, 0.717) is 0 Å². The van der Waals surface area contributed by atoms with Crippen LogP contribution in [0, 0.1) is 0 Å². The van der Waals surface area contributed by atoms with E-state index in [-0.39, 0.29) is 0 Å². The van der Waals surface area contributed by atoms with Crippen molar-refractivity contribution < 1.29 is 0 Å². The molecule has 0 spiro atoms. The van der Waals surface area contributed by atoms with Crippen molar-refractivity contribution in [3.63, 3.8) is 0 Å². The molecule has 1 aromatic heterocycles. The Morgan fingerprint density at radius 2 is 1.94 bits per heavy atom. The molecule has 1 aromatic rings. The van der Waals surface area contributed by atoms with Gasteiger partial charge in [-0.3, -0.25) is 0 Å². The van der Waals surface area contributed by atoms with Crippen LogP contribution in [0.4, 0.5) is 0 Å². The summed E-state index contributed by atoms with van der Waals surface area (Å²) < 4.78 is 1.24. The monoisotopic (exact) mass is 303 g/mol. The number of thiophene rings is 1. The van der Waals surface area contributed by atoms with E-state index in [4.69, 9.17) is 0 Å². The van der Waals surface area contributed by atoms with E-state index in [1.165, 1.54) is 34.3 Å². The van der Waals surface area contributed by atoms with Gasteiger partial charge in [0.15, 0.2) is 0 Å². The predicted octanol–water partition coefficient (Wildman–Crippen LogP) is 4.61. The van der Waals surface area contributed by atoms with Crippen molar-refractivity contribution in [2.45, 2.75) is 52.0 Å². The zero-order valence-electron chi connectivity index (χ0n) is 10.3. The van der Waals surface area contributed by atoms with Crippen molar-refractivity contribution in [3.05, 3.63) is 20.8 Å². The Bertz CT molecular complexity index is 279. The standard InChI is InChI=1S/C13H22BrNS/c1-3-5-11(6-4-2)15-10-9-12-7-8-13(14)16-12/h7-8,11,15H,3-6,9-10H2,1-2H3. The quantitative estimate of drug-likeness (QED) is 0.739. The van der Waals surface area contributed by atoms with Gasteiger partial charge in [-0.2, -0.15) is 0 Å². The summed E-state index contributed by atoms with van der Waals surface area (Å²) in [4.78, 5) is 1.46. The molecule has 0 aliphatic heterocycles. The van der Waals surface area contributed by atoms with E-state index in [9.17, 15) is 0 Å². The molecule has 1 N–H and O–H groups in total. The molecule has 16 heavy (non-hydrogen) atoms. The highest BCUT2D eigenvalue weighted by Gasteiger charge is 2.05. The normalized spacial score (nSPS) is 11.2. The number of nitrogens with one attached hydrogen (secondary N) is 1. The first-order valence-electron chi connectivity index (χ1n) is 6.23. The van der Waals surface area contributed by atoms with E-state index in [1.807, 2.05) is 11.3 Å². The molecule has 0 saturated carbocycles. The van der Waals surface area contributed by atoms with Crippen LogP contribution in [0.3, 0.4) is 0 Å². The maximum absolute atomic E-state index is 3.67. The number of hydrogen-bond donors (Lipinski definition) is 1. The summed E-state index contributed by atoms with van der Waals surface area (Å²) >= 11 is 5.34. The third-order valence-electron chi connectivity index (χ3n) is 2.71. The first-order valence-corrected chi connectivity index (χ1v) is 7.84. The highest BCUT2D eigenvalue weighted by molar-refractivity contribution is 9.11. The minimum atomic E-state index is 0.721. The van der Waals surface area contributed by atoms with Crippen LogP contribution in [-0.4, -0.2) is 12.6 Å². The summed E-state index contributed by atoms with van der Waals surface area (Å²) in [6, 6.07) is 5.07. The fourth-order valence-electron chi connectivity index (χ4n) is 1.93. The first kappa shape index (κ1) is 14.2. The SMILES string of the molecule is CCCC(CCC)NCCc1ccc(Br)s1. The van der Waals surface area contributed by atoms with Crippen LogP contribution in [-0.2, 0) is 6.42 Å². The maximum Gasteiger partial charge on any atom is 0.0701 e. The van der Waals surface area contributed by atoms with E-state index < -0.39 is 0 Å². The van der Waals surface area contributed by atoms with Gasteiger partial charge in [-0.05, 0) is 47.3 Å². The molecule has 92 valence electrons. The third-order valence-corrected chi connectivity index (χ3v) is 4.39. The topological polar surface area (TPSA) is 12.0 Å².